The zero-order valence-electron chi connectivity index (χ0n) is 22.9. The van der Waals surface area contributed by atoms with E-state index >= 15 is 0 Å². The molecule has 0 saturated carbocycles. The molecule has 15 heteroatoms. The summed E-state index contributed by atoms with van der Waals surface area (Å²) in [7, 11) is 1.35. The number of aliphatic hydroxyl groups is 6. The number of fused-ring (bicyclic) bond motifs is 1. The first-order valence-corrected chi connectivity index (χ1v) is 13.3. The quantitative estimate of drug-likeness (QED) is 0.159. The lowest BCUT2D eigenvalue weighted by atomic mass is 9.98. The molecule has 0 spiro atoms. The second kappa shape index (κ2) is 12.2. The van der Waals surface area contributed by atoms with Crippen molar-refractivity contribution in [2.45, 2.75) is 68.3 Å². The highest BCUT2D eigenvalue weighted by Crippen LogP contribution is 2.38. The van der Waals surface area contributed by atoms with Crippen LogP contribution in [0.15, 0.2) is 45.6 Å². The fraction of sp³-hybridized carbons (Fsp3) is 0.464. The third-order valence-corrected chi connectivity index (χ3v) is 7.41. The number of hydrogen-bond donors (Lipinski definition) is 8. The predicted octanol–water partition coefficient (Wildman–Crippen LogP) is -1.09. The van der Waals surface area contributed by atoms with Crippen LogP contribution in [0.5, 0.6) is 23.0 Å². The normalized spacial score (nSPS) is 32.9. The van der Waals surface area contributed by atoms with Gasteiger partial charge >= 0.3 is 0 Å². The number of aromatic hydroxyl groups is 2. The van der Waals surface area contributed by atoms with Crippen LogP contribution < -0.4 is 14.9 Å². The molecule has 2 aromatic carbocycles. The Kier molecular flexibility index (Phi) is 8.80. The summed E-state index contributed by atoms with van der Waals surface area (Å²) in [6.07, 6.45) is -15.7. The first-order valence-electron chi connectivity index (χ1n) is 13.3. The maximum atomic E-state index is 13.7. The Morgan fingerprint density at radius 2 is 1.47 bits per heavy atom. The van der Waals surface area contributed by atoms with Crippen LogP contribution in [-0.4, -0.2) is 116 Å². The molecule has 10 atom stereocenters. The molecule has 0 unspecified atom stereocenters. The third kappa shape index (κ3) is 5.86. The number of ether oxygens (including phenoxy) is 5. The molecule has 8 N–H and O–H groups in total. The molecule has 2 saturated heterocycles. The molecular formula is C28H32O15. The average molecular weight is 609 g/mol. The van der Waals surface area contributed by atoms with E-state index in [-0.39, 0.29) is 33.8 Å². The highest BCUT2D eigenvalue weighted by atomic mass is 16.7. The van der Waals surface area contributed by atoms with Crippen molar-refractivity contribution in [2.75, 3.05) is 13.7 Å². The van der Waals surface area contributed by atoms with Gasteiger partial charge in [0.05, 0.1) is 19.8 Å². The summed E-state index contributed by atoms with van der Waals surface area (Å²) in [5, 5.41) is 82.0. The van der Waals surface area contributed by atoms with E-state index in [1.54, 1.807) is 0 Å². The van der Waals surface area contributed by atoms with E-state index in [1.807, 2.05) is 0 Å². The number of methoxy groups -OCH3 is 1. The van der Waals surface area contributed by atoms with Crippen molar-refractivity contribution in [3.8, 4) is 34.3 Å². The highest BCUT2D eigenvalue weighted by Gasteiger charge is 2.47. The van der Waals surface area contributed by atoms with Crippen molar-refractivity contribution in [1.82, 2.24) is 0 Å². The number of benzene rings is 2. The maximum Gasteiger partial charge on any atom is 0.239 e. The second-order valence-corrected chi connectivity index (χ2v) is 10.3. The van der Waals surface area contributed by atoms with Gasteiger partial charge in [-0.05, 0) is 31.2 Å². The van der Waals surface area contributed by atoms with Crippen LogP contribution in [0, 0.1) is 0 Å². The van der Waals surface area contributed by atoms with Crippen molar-refractivity contribution in [2.24, 2.45) is 0 Å². The summed E-state index contributed by atoms with van der Waals surface area (Å²) in [5.74, 6) is -1.11. The van der Waals surface area contributed by atoms with Gasteiger partial charge < -0.3 is 69.0 Å². The number of phenolic OH excluding ortho intramolecular Hbond substituents is 2. The molecular weight excluding hydrogens is 576 g/mol. The number of phenols is 2. The van der Waals surface area contributed by atoms with Crippen molar-refractivity contribution < 1.29 is 69.0 Å². The van der Waals surface area contributed by atoms with E-state index in [1.165, 1.54) is 50.4 Å². The minimum absolute atomic E-state index is 0.0725. The van der Waals surface area contributed by atoms with Crippen LogP contribution in [0.1, 0.15) is 6.92 Å². The van der Waals surface area contributed by atoms with Gasteiger partial charge in [0.1, 0.15) is 70.9 Å². The standard InChI is InChI=1S/C28H32O15/c1-10-18(31)21(34)23(36)27(40-10)39-9-16-19(32)22(35)24(37)28(42-16)43-26-20(33)17-14(30)7-13(38-2)8-15(17)41-25(26)11-3-5-12(29)6-4-11/h3-8,10,16,18-19,21-24,27-32,34-37H,9H2,1-2H3/t10-,16+,18+,19+,21+,22-,23-,24-,27-,28+/m1/s1. The zero-order valence-corrected chi connectivity index (χ0v) is 22.9. The maximum absolute atomic E-state index is 13.7. The Morgan fingerprint density at radius 1 is 0.814 bits per heavy atom. The molecule has 0 amide bonds. The molecule has 3 heterocycles. The summed E-state index contributed by atoms with van der Waals surface area (Å²) in [5.41, 5.74) is -0.705. The number of aliphatic hydroxyl groups excluding tert-OH is 6. The minimum atomic E-state index is -1.90. The molecule has 1 aromatic heterocycles. The summed E-state index contributed by atoms with van der Waals surface area (Å²) < 4.78 is 33.4. The highest BCUT2D eigenvalue weighted by molar-refractivity contribution is 5.88. The summed E-state index contributed by atoms with van der Waals surface area (Å²) in [6.45, 7) is 0.889. The van der Waals surface area contributed by atoms with Gasteiger partial charge in [0.25, 0.3) is 0 Å². The van der Waals surface area contributed by atoms with E-state index in [2.05, 4.69) is 0 Å². The Bertz CT molecular complexity index is 1490. The van der Waals surface area contributed by atoms with Crippen molar-refractivity contribution in [3.05, 3.63) is 46.6 Å². The Hall–Kier alpha value is -3.51. The topological polar surface area (TPSA) is 238 Å². The van der Waals surface area contributed by atoms with Gasteiger partial charge in [0.2, 0.25) is 17.5 Å². The van der Waals surface area contributed by atoms with Crippen LogP contribution in [0.4, 0.5) is 0 Å². The monoisotopic (exact) mass is 608 g/mol. The van der Waals surface area contributed by atoms with Gasteiger partial charge in [-0.1, -0.05) is 0 Å². The lowest BCUT2D eigenvalue weighted by Crippen LogP contribution is -2.61. The van der Waals surface area contributed by atoms with E-state index in [9.17, 15) is 45.6 Å². The Morgan fingerprint density at radius 3 is 2.14 bits per heavy atom. The van der Waals surface area contributed by atoms with E-state index < -0.39 is 84.9 Å². The molecule has 2 fully saturated rings. The molecule has 0 radical (unpaired) electrons. The lowest BCUT2D eigenvalue weighted by molar-refractivity contribution is -0.318. The molecule has 2 aliphatic rings. The van der Waals surface area contributed by atoms with Crippen molar-refractivity contribution >= 4 is 11.0 Å². The van der Waals surface area contributed by atoms with Gasteiger partial charge in [-0.2, -0.15) is 0 Å². The van der Waals surface area contributed by atoms with E-state index in [4.69, 9.17) is 28.1 Å². The summed E-state index contributed by atoms with van der Waals surface area (Å²) in [4.78, 5) is 13.7. The lowest BCUT2D eigenvalue weighted by Gasteiger charge is -2.42. The summed E-state index contributed by atoms with van der Waals surface area (Å²) >= 11 is 0. The molecule has 15 nitrogen and oxygen atoms in total. The van der Waals surface area contributed by atoms with Crippen LogP contribution in [0.3, 0.4) is 0 Å². The fourth-order valence-corrected chi connectivity index (χ4v) is 4.89. The van der Waals surface area contributed by atoms with Crippen molar-refractivity contribution in [3.63, 3.8) is 0 Å². The molecule has 5 rings (SSSR count). The van der Waals surface area contributed by atoms with E-state index in [0.29, 0.717) is 0 Å². The third-order valence-electron chi connectivity index (χ3n) is 7.41. The van der Waals surface area contributed by atoms with Crippen LogP contribution in [-0.2, 0) is 14.2 Å². The molecule has 2 aliphatic heterocycles. The Labute approximate surface area is 243 Å². The summed E-state index contributed by atoms with van der Waals surface area (Å²) in [6, 6.07) is 8.03. The minimum Gasteiger partial charge on any atom is -0.508 e. The molecule has 0 bridgehead atoms. The van der Waals surface area contributed by atoms with Gasteiger partial charge in [-0.15, -0.1) is 0 Å². The van der Waals surface area contributed by atoms with Crippen LogP contribution in [0.25, 0.3) is 22.3 Å². The molecule has 43 heavy (non-hydrogen) atoms. The number of hydrogen-bond acceptors (Lipinski definition) is 15. The van der Waals surface area contributed by atoms with Gasteiger partial charge in [0.15, 0.2) is 12.1 Å². The smallest absolute Gasteiger partial charge is 0.239 e. The van der Waals surface area contributed by atoms with Crippen LogP contribution >= 0.6 is 0 Å². The van der Waals surface area contributed by atoms with E-state index in [0.717, 1.165) is 0 Å². The first kappa shape index (κ1) is 30.9. The SMILES string of the molecule is COc1cc(O)c2c(=O)c(O[C@@H]3O[C@@H](CO[C@@H]4O[C@H](C)[C@H](O)[C@H](O)[C@H]4O)[C@H](O)[C@@H](O)[C@H]3O)c(-c3ccc(O)cc3)oc2c1. The second-order valence-electron chi connectivity index (χ2n) is 10.3. The van der Waals surface area contributed by atoms with Crippen molar-refractivity contribution in [1.29, 1.82) is 0 Å². The van der Waals surface area contributed by atoms with Gasteiger partial charge in [-0.25, -0.2) is 0 Å². The van der Waals surface area contributed by atoms with Gasteiger partial charge in [0, 0.05) is 17.7 Å². The first-order chi connectivity index (χ1) is 20.4. The molecule has 0 aliphatic carbocycles. The number of rotatable bonds is 7. The average Bonchev–Trinajstić information content (AvgIpc) is 2.99. The van der Waals surface area contributed by atoms with Gasteiger partial charge in [-0.3, -0.25) is 4.79 Å². The largest absolute Gasteiger partial charge is 0.508 e. The molecule has 234 valence electrons. The molecule has 3 aromatic rings. The predicted molar refractivity (Wildman–Crippen MR) is 143 cm³/mol. The van der Waals surface area contributed by atoms with Crippen LogP contribution in [0.2, 0.25) is 0 Å². The Balaban J connectivity index is 1.47. The zero-order chi connectivity index (χ0) is 31.2. The fourth-order valence-electron chi connectivity index (χ4n) is 4.89.